The van der Waals surface area contributed by atoms with Crippen molar-refractivity contribution in [3.05, 3.63) is 64.5 Å². The van der Waals surface area contributed by atoms with Crippen LogP contribution in [0.15, 0.2) is 40.9 Å². The monoisotopic (exact) mass is 408 g/mol. The van der Waals surface area contributed by atoms with E-state index in [9.17, 15) is 9.59 Å². The number of Topliss-reactive ketones (excluding diaryl/α,β-unsaturated/α-hetero) is 1. The van der Waals surface area contributed by atoms with E-state index in [0.717, 1.165) is 11.3 Å². The van der Waals surface area contributed by atoms with E-state index < -0.39 is 0 Å². The third kappa shape index (κ3) is 3.84. The molecule has 1 aromatic heterocycles. The topological polar surface area (TPSA) is 99.9 Å². The fourth-order valence-electron chi connectivity index (χ4n) is 3.10. The minimum Gasteiger partial charge on any atom is -0.489 e. The molecule has 0 fully saturated rings. The Labute approximate surface area is 172 Å². The molecule has 0 aliphatic carbocycles. The van der Waals surface area contributed by atoms with E-state index in [1.807, 2.05) is 13.8 Å². The molecule has 2 heterocycles. The van der Waals surface area contributed by atoms with Crippen LogP contribution >= 0.6 is 0 Å². The van der Waals surface area contributed by atoms with Crippen molar-refractivity contribution in [1.29, 1.82) is 0 Å². The maximum Gasteiger partial charge on any atom is 0.255 e. The number of amides is 1. The van der Waals surface area contributed by atoms with Crippen LogP contribution in [0, 0.1) is 13.8 Å². The number of carbonyl (C=O) groups is 2. The number of hydrogen-bond donors (Lipinski definition) is 1. The van der Waals surface area contributed by atoms with E-state index >= 15 is 0 Å². The molecule has 1 amide bonds. The Morgan fingerprint density at radius 1 is 1.10 bits per heavy atom. The number of aryl methyl sites for hydroxylation is 2. The van der Waals surface area contributed by atoms with Gasteiger partial charge in [-0.15, -0.1) is 0 Å². The van der Waals surface area contributed by atoms with Gasteiger partial charge in [0.15, 0.2) is 17.3 Å². The van der Waals surface area contributed by atoms with Crippen molar-refractivity contribution in [3.63, 3.8) is 0 Å². The van der Waals surface area contributed by atoms with E-state index in [1.165, 1.54) is 6.92 Å². The van der Waals surface area contributed by atoms with Crippen LogP contribution in [0.4, 0.5) is 5.69 Å². The molecule has 0 saturated heterocycles. The third-order valence-corrected chi connectivity index (χ3v) is 4.82. The van der Waals surface area contributed by atoms with Crippen LogP contribution in [-0.4, -0.2) is 23.6 Å². The number of hydrogen-bond acceptors (Lipinski definition) is 7. The van der Waals surface area contributed by atoms with Crippen molar-refractivity contribution in [1.82, 2.24) is 5.16 Å². The van der Waals surface area contributed by atoms with E-state index in [0.29, 0.717) is 46.4 Å². The van der Waals surface area contributed by atoms with Gasteiger partial charge in [0.2, 0.25) is 6.79 Å². The maximum absolute atomic E-state index is 12.7. The summed E-state index contributed by atoms with van der Waals surface area (Å²) in [5.74, 6) is 1.75. The number of carbonyl (C=O) groups excluding carboxylic acids is 2. The van der Waals surface area contributed by atoms with Crippen LogP contribution in [0.3, 0.4) is 0 Å². The Bertz CT molecular complexity index is 1100. The summed E-state index contributed by atoms with van der Waals surface area (Å²) in [4.78, 5) is 24.6. The SMILES string of the molecule is CC(=O)c1cc2c(cc1NC(=O)c1ccc(OCc3c(C)noc3C)cc1)OCO2. The van der Waals surface area contributed by atoms with Crippen molar-refractivity contribution >= 4 is 17.4 Å². The van der Waals surface area contributed by atoms with Gasteiger partial charge < -0.3 is 24.1 Å². The summed E-state index contributed by atoms with van der Waals surface area (Å²) < 4.78 is 21.5. The Morgan fingerprint density at radius 3 is 2.43 bits per heavy atom. The minimum absolute atomic E-state index is 0.0828. The summed E-state index contributed by atoms with van der Waals surface area (Å²) in [6, 6.07) is 9.89. The second-order valence-corrected chi connectivity index (χ2v) is 6.88. The summed E-state index contributed by atoms with van der Waals surface area (Å²) in [5, 5.41) is 6.67. The highest BCUT2D eigenvalue weighted by atomic mass is 16.7. The number of ketones is 1. The van der Waals surface area contributed by atoms with Crippen molar-refractivity contribution in [2.75, 3.05) is 12.1 Å². The quantitative estimate of drug-likeness (QED) is 0.614. The van der Waals surface area contributed by atoms with E-state index in [4.69, 9.17) is 18.7 Å². The van der Waals surface area contributed by atoms with Crippen molar-refractivity contribution in [3.8, 4) is 17.2 Å². The molecule has 0 unspecified atom stereocenters. The molecule has 0 bridgehead atoms. The van der Waals surface area contributed by atoms with E-state index in [2.05, 4.69) is 10.5 Å². The number of nitrogens with one attached hydrogen (secondary N) is 1. The fraction of sp³-hybridized carbons (Fsp3) is 0.227. The maximum atomic E-state index is 12.7. The molecular weight excluding hydrogens is 388 g/mol. The molecule has 154 valence electrons. The fourth-order valence-corrected chi connectivity index (χ4v) is 3.10. The summed E-state index contributed by atoms with van der Waals surface area (Å²) in [7, 11) is 0. The van der Waals surface area contributed by atoms with Crippen LogP contribution in [0.25, 0.3) is 0 Å². The molecule has 30 heavy (non-hydrogen) atoms. The molecule has 3 aromatic rings. The Hall–Kier alpha value is -3.81. The first-order valence-electron chi connectivity index (χ1n) is 9.33. The first kappa shape index (κ1) is 19.5. The number of nitrogens with zero attached hydrogens (tertiary/aromatic N) is 1. The van der Waals surface area contributed by atoms with Crippen LogP contribution in [0.5, 0.6) is 17.2 Å². The van der Waals surface area contributed by atoms with Gasteiger partial charge in [-0.3, -0.25) is 9.59 Å². The van der Waals surface area contributed by atoms with Crippen molar-refractivity contribution in [2.24, 2.45) is 0 Å². The average molecular weight is 408 g/mol. The highest BCUT2D eigenvalue weighted by Gasteiger charge is 2.21. The normalized spacial score (nSPS) is 12.0. The lowest BCUT2D eigenvalue weighted by atomic mass is 10.1. The zero-order valence-electron chi connectivity index (χ0n) is 16.8. The molecule has 8 heteroatoms. The number of rotatable bonds is 6. The second-order valence-electron chi connectivity index (χ2n) is 6.88. The number of anilines is 1. The Balaban J connectivity index is 1.46. The van der Waals surface area contributed by atoms with E-state index in [1.54, 1.807) is 36.4 Å². The average Bonchev–Trinajstić information content (AvgIpc) is 3.31. The van der Waals surface area contributed by atoms with Gasteiger partial charge in [-0.05, 0) is 51.1 Å². The van der Waals surface area contributed by atoms with Gasteiger partial charge in [-0.2, -0.15) is 0 Å². The molecule has 0 atom stereocenters. The van der Waals surface area contributed by atoms with Gasteiger partial charge in [0.1, 0.15) is 18.1 Å². The van der Waals surface area contributed by atoms with Crippen LogP contribution < -0.4 is 19.5 Å². The van der Waals surface area contributed by atoms with Crippen molar-refractivity contribution in [2.45, 2.75) is 27.4 Å². The summed E-state index contributed by atoms with van der Waals surface area (Å²) >= 11 is 0. The van der Waals surface area contributed by atoms with Crippen LogP contribution in [0.2, 0.25) is 0 Å². The Kier molecular flexibility index (Phi) is 5.14. The summed E-state index contributed by atoms with van der Waals surface area (Å²) in [6.07, 6.45) is 0. The molecular formula is C22H20N2O6. The van der Waals surface area contributed by atoms with Gasteiger partial charge in [0.25, 0.3) is 5.91 Å². The molecule has 0 saturated carbocycles. The van der Waals surface area contributed by atoms with Crippen LogP contribution in [0.1, 0.15) is 44.7 Å². The molecule has 1 N–H and O–H groups in total. The zero-order valence-corrected chi connectivity index (χ0v) is 16.8. The predicted molar refractivity (Wildman–Crippen MR) is 107 cm³/mol. The van der Waals surface area contributed by atoms with Crippen molar-refractivity contribution < 1.29 is 28.3 Å². The summed E-state index contributed by atoms with van der Waals surface area (Å²) in [5.41, 5.74) is 2.83. The predicted octanol–water partition coefficient (Wildman–Crippen LogP) is 4.05. The Morgan fingerprint density at radius 2 is 1.80 bits per heavy atom. The lowest BCUT2D eigenvalue weighted by Crippen LogP contribution is -2.14. The molecule has 2 aromatic carbocycles. The number of benzene rings is 2. The largest absolute Gasteiger partial charge is 0.489 e. The summed E-state index contributed by atoms with van der Waals surface area (Å²) in [6.45, 7) is 5.52. The molecule has 8 nitrogen and oxygen atoms in total. The molecule has 0 spiro atoms. The lowest BCUT2D eigenvalue weighted by Gasteiger charge is -2.11. The third-order valence-electron chi connectivity index (χ3n) is 4.82. The highest BCUT2D eigenvalue weighted by molar-refractivity contribution is 6.09. The van der Waals surface area contributed by atoms with Gasteiger partial charge in [-0.25, -0.2) is 0 Å². The van der Waals surface area contributed by atoms with Gasteiger partial charge in [0, 0.05) is 17.2 Å². The van der Waals surface area contributed by atoms with Gasteiger partial charge in [-0.1, -0.05) is 5.16 Å². The first-order valence-corrected chi connectivity index (χ1v) is 9.33. The highest BCUT2D eigenvalue weighted by Crippen LogP contribution is 2.37. The zero-order chi connectivity index (χ0) is 21.3. The van der Waals surface area contributed by atoms with Crippen LogP contribution in [-0.2, 0) is 6.61 Å². The molecule has 1 aliphatic rings. The minimum atomic E-state index is -0.353. The van der Waals surface area contributed by atoms with E-state index in [-0.39, 0.29) is 18.5 Å². The van der Waals surface area contributed by atoms with Gasteiger partial charge in [0.05, 0.1) is 16.9 Å². The molecule has 4 rings (SSSR count). The molecule has 1 aliphatic heterocycles. The number of aromatic nitrogens is 1. The second kappa shape index (κ2) is 7.90. The first-order chi connectivity index (χ1) is 14.4. The lowest BCUT2D eigenvalue weighted by molar-refractivity contribution is 0.101. The van der Waals surface area contributed by atoms with Gasteiger partial charge >= 0.3 is 0 Å². The smallest absolute Gasteiger partial charge is 0.255 e. The molecule has 0 radical (unpaired) electrons. The standard InChI is InChI=1S/C22H20N2O6/c1-12-18(14(3)30-24-12)10-27-16-6-4-15(5-7-16)22(26)23-19-9-21-20(28-11-29-21)8-17(19)13(2)25/h4-9H,10-11H2,1-3H3,(H,23,26). The number of fused-ring (bicyclic) bond motifs is 1. The number of ether oxygens (including phenoxy) is 3.